The van der Waals surface area contributed by atoms with E-state index >= 15 is 0 Å². The van der Waals surface area contributed by atoms with Crippen molar-refractivity contribution in [2.24, 2.45) is 11.0 Å². The number of hydrogen-bond acceptors (Lipinski definition) is 5. The minimum absolute atomic E-state index is 0.335. The Hall–Kier alpha value is -2.76. The van der Waals surface area contributed by atoms with E-state index in [0.717, 1.165) is 11.5 Å². The van der Waals surface area contributed by atoms with Crippen LogP contribution < -0.4 is 14.9 Å². The first-order chi connectivity index (χ1) is 12.6. The van der Waals surface area contributed by atoms with Gasteiger partial charge in [0.25, 0.3) is 5.91 Å². The van der Waals surface area contributed by atoms with E-state index in [-0.39, 0.29) is 5.91 Å². The van der Waals surface area contributed by atoms with Crippen LogP contribution in [0, 0.1) is 5.92 Å². The second-order valence-electron chi connectivity index (χ2n) is 6.46. The highest BCUT2D eigenvalue weighted by atomic mass is 16.5. The summed E-state index contributed by atoms with van der Waals surface area (Å²) in [7, 11) is 0. The van der Waals surface area contributed by atoms with Crippen molar-refractivity contribution in [2.45, 2.75) is 39.2 Å². The summed E-state index contributed by atoms with van der Waals surface area (Å²) in [5.41, 5.74) is 2.47. The van der Waals surface area contributed by atoms with Crippen LogP contribution in [0.4, 0.5) is 0 Å². The van der Waals surface area contributed by atoms with Gasteiger partial charge in [-0.25, -0.2) is 5.43 Å². The lowest BCUT2D eigenvalue weighted by Crippen LogP contribution is -2.33. The van der Waals surface area contributed by atoms with Gasteiger partial charge in [-0.15, -0.1) is 0 Å². The highest BCUT2D eigenvalue weighted by molar-refractivity contribution is 5.83. The van der Waals surface area contributed by atoms with Crippen molar-refractivity contribution in [3.8, 4) is 11.5 Å². The van der Waals surface area contributed by atoms with Gasteiger partial charge in [0.2, 0.25) is 0 Å². The standard InChI is InChI=1S/C20H24N2O4/c1-4-24-15-5-7-16(8-6-15)25-14(3)20(23)22-21-12-17-9-10-19(26-17)18-11-13(18)2/h5-10,12-14,18H,4,11H2,1-3H3,(H,22,23)/b21-12-/t13-,14+,18-/m0/s1. The lowest BCUT2D eigenvalue weighted by Gasteiger charge is -2.13. The molecular weight excluding hydrogens is 332 g/mol. The summed E-state index contributed by atoms with van der Waals surface area (Å²) in [5.74, 6) is 3.84. The molecule has 1 saturated carbocycles. The molecule has 1 fully saturated rings. The Morgan fingerprint density at radius 1 is 1.31 bits per heavy atom. The summed E-state index contributed by atoms with van der Waals surface area (Å²) in [6.07, 6.45) is 1.99. The molecule has 138 valence electrons. The molecule has 6 nitrogen and oxygen atoms in total. The largest absolute Gasteiger partial charge is 0.494 e. The third kappa shape index (κ3) is 4.65. The van der Waals surface area contributed by atoms with Crippen LogP contribution in [0.3, 0.4) is 0 Å². The molecule has 1 aliphatic carbocycles. The van der Waals surface area contributed by atoms with Crippen molar-refractivity contribution in [3.05, 3.63) is 47.9 Å². The first kappa shape index (κ1) is 18.0. The predicted molar refractivity (Wildman–Crippen MR) is 98.7 cm³/mol. The number of nitrogens with zero attached hydrogens (tertiary/aromatic N) is 1. The van der Waals surface area contributed by atoms with Gasteiger partial charge in [0.15, 0.2) is 6.10 Å². The predicted octanol–water partition coefficient (Wildman–Crippen LogP) is 3.72. The molecule has 0 radical (unpaired) electrons. The van der Waals surface area contributed by atoms with Crippen LogP contribution in [0.1, 0.15) is 44.6 Å². The molecule has 0 saturated heterocycles. The van der Waals surface area contributed by atoms with Crippen molar-refractivity contribution in [1.29, 1.82) is 0 Å². The number of carbonyl (C=O) groups is 1. The summed E-state index contributed by atoms with van der Waals surface area (Å²) in [4.78, 5) is 12.1. The zero-order valence-corrected chi connectivity index (χ0v) is 15.3. The van der Waals surface area contributed by atoms with E-state index in [2.05, 4.69) is 17.5 Å². The van der Waals surface area contributed by atoms with Crippen LogP contribution in [-0.2, 0) is 4.79 Å². The maximum atomic E-state index is 12.1. The Kier molecular flexibility index (Phi) is 5.61. The molecule has 0 bridgehead atoms. The van der Waals surface area contributed by atoms with Crippen LogP contribution in [0.15, 0.2) is 45.9 Å². The van der Waals surface area contributed by atoms with Gasteiger partial charge in [-0.3, -0.25) is 4.79 Å². The fourth-order valence-corrected chi connectivity index (χ4v) is 2.64. The Bertz CT molecular complexity index is 766. The zero-order valence-electron chi connectivity index (χ0n) is 15.3. The van der Waals surface area contributed by atoms with E-state index in [1.54, 1.807) is 31.2 Å². The molecule has 0 unspecified atom stereocenters. The number of amides is 1. The number of furan rings is 1. The molecule has 3 atom stereocenters. The van der Waals surface area contributed by atoms with Gasteiger partial charge in [-0.05, 0) is 62.6 Å². The van der Waals surface area contributed by atoms with Crippen molar-refractivity contribution >= 4 is 12.1 Å². The summed E-state index contributed by atoms with van der Waals surface area (Å²) < 4.78 is 16.7. The number of ether oxygens (including phenoxy) is 2. The van der Waals surface area contributed by atoms with Gasteiger partial charge in [-0.1, -0.05) is 6.92 Å². The highest BCUT2D eigenvalue weighted by Crippen LogP contribution is 2.47. The first-order valence-corrected chi connectivity index (χ1v) is 8.89. The van der Waals surface area contributed by atoms with Gasteiger partial charge >= 0.3 is 0 Å². The van der Waals surface area contributed by atoms with E-state index < -0.39 is 6.10 Å². The average Bonchev–Trinajstić information content (AvgIpc) is 3.17. The molecule has 1 heterocycles. The molecule has 3 rings (SSSR count). The second-order valence-corrected chi connectivity index (χ2v) is 6.46. The van der Waals surface area contributed by atoms with E-state index in [1.807, 2.05) is 19.1 Å². The molecule has 6 heteroatoms. The van der Waals surface area contributed by atoms with Gasteiger partial charge < -0.3 is 13.9 Å². The van der Waals surface area contributed by atoms with Crippen LogP contribution in [-0.4, -0.2) is 24.8 Å². The third-order valence-electron chi connectivity index (χ3n) is 4.31. The van der Waals surface area contributed by atoms with Gasteiger partial charge in [0.1, 0.15) is 23.0 Å². The summed E-state index contributed by atoms with van der Waals surface area (Å²) >= 11 is 0. The molecule has 26 heavy (non-hydrogen) atoms. The molecule has 1 aromatic carbocycles. The Morgan fingerprint density at radius 2 is 2.00 bits per heavy atom. The number of hydrogen-bond donors (Lipinski definition) is 1. The third-order valence-corrected chi connectivity index (χ3v) is 4.31. The fourth-order valence-electron chi connectivity index (χ4n) is 2.64. The van der Waals surface area contributed by atoms with E-state index in [0.29, 0.717) is 30.0 Å². The molecule has 1 aromatic heterocycles. The van der Waals surface area contributed by atoms with Crippen LogP contribution in [0.25, 0.3) is 0 Å². The number of nitrogens with one attached hydrogen (secondary N) is 1. The summed E-state index contributed by atoms with van der Waals surface area (Å²) in [6.45, 7) is 6.40. The SMILES string of the molecule is CCOc1ccc(O[C@H](C)C(=O)N/N=C\c2ccc([C@H]3C[C@@H]3C)o2)cc1. The molecule has 1 amide bonds. The molecule has 0 aliphatic heterocycles. The number of rotatable bonds is 8. The number of carbonyl (C=O) groups excluding carboxylic acids is 1. The number of benzene rings is 1. The van der Waals surface area contributed by atoms with Crippen molar-refractivity contribution < 1.29 is 18.7 Å². The average molecular weight is 356 g/mol. The van der Waals surface area contributed by atoms with Gasteiger partial charge in [0.05, 0.1) is 12.8 Å². The van der Waals surface area contributed by atoms with Crippen molar-refractivity contribution in [3.63, 3.8) is 0 Å². The van der Waals surface area contributed by atoms with Gasteiger partial charge in [0, 0.05) is 5.92 Å². The number of hydrazone groups is 1. The van der Waals surface area contributed by atoms with Crippen molar-refractivity contribution in [2.75, 3.05) is 6.61 Å². The van der Waals surface area contributed by atoms with Crippen molar-refractivity contribution in [1.82, 2.24) is 5.43 Å². The normalized spacial score (nSPS) is 20.0. The second kappa shape index (κ2) is 8.08. The van der Waals surface area contributed by atoms with E-state index in [1.165, 1.54) is 12.6 Å². The smallest absolute Gasteiger partial charge is 0.280 e. The van der Waals surface area contributed by atoms with E-state index in [4.69, 9.17) is 13.9 Å². The maximum Gasteiger partial charge on any atom is 0.280 e. The quantitative estimate of drug-likeness (QED) is 0.578. The Labute approximate surface area is 153 Å². The minimum atomic E-state index is -0.676. The highest BCUT2D eigenvalue weighted by Gasteiger charge is 2.36. The van der Waals surface area contributed by atoms with Crippen LogP contribution in [0.2, 0.25) is 0 Å². The Morgan fingerprint density at radius 3 is 2.65 bits per heavy atom. The topological polar surface area (TPSA) is 73.1 Å². The Balaban J connectivity index is 1.47. The molecular formula is C20H24N2O4. The van der Waals surface area contributed by atoms with Crippen LogP contribution >= 0.6 is 0 Å². The van der Waals surface area contributed by atoms with Gasteiger partial charge in [-0.2, -0.15) is 5.10 Å². The lowest BCUT2D eigenvalue weighted by molar-refractivity contribution is -0.127. The fraction of sp³-hybridized carbons (Fsp3) is 0.400. The minimum Gasteiger partial charge on any atom is -0.494 e. The lowest BCUT2D eigenvalue weighted by atomic mass is 10.3. The van der Waals surface area contributed by atoms with E-state index in [9.17, 15) is 4.79 Å². The zero-order chi connectivity index (χ0) is 18.5. The molecule has 1 aliphatic rings. The molecule has 0 spiro atoms. The first-order valence-electron chi connectivity index (χ1n) is 8.89. The maximum absolute atomic E-state index is 12.1. The summed E-state index contributed by atoms with van der Waals surface area (Å²) in [5, 5.41) is 3.94. The molecule has 2 aromatic rings. The van der Waals surface area contributed by atoms with Crippen LogP contribution in [0.5, 0.6) is 11.5 Å². The summed E-state index contributed by atoms with van der Waals surface area (Å²) in [6, 6.07) is 11.0. The molecule has 1 N–H and O–H groups in total. The monoisotopic (exact) mass is 356 g/mol.